The first-order chi connectivity index (χ1) is 9.51. The molecule has 0 aliphatic rings. The summed E-state index contributed by atoms with van der Waals surface area (Å²) in [7, 11) is 0. The quantitative estimate of drug-likeness (QED) is 0.713. The Morgan fingerprint density at radius 1 is 1.20 bits per heavy atom. The number of aliphatic hydroxyl groups is 1. The van der Waals surface area contributed by atoms with E-state index < -0.39 is 6.04 Å². The molecule has 2 rings (SSSR count). The highest BCUT2D eigenvalue weighted by molar-refractivity contribution is 9.10. The van der Waals surface area contributed by atoms with Crippen LogP contribution in [-0.2, 0) is 0 Å². The zero-order valence-corrected chi connectivity index (χ0v) is 14.1. The second kappa shape index (κ2) is 6.89. The van der Waals surface area contributed by atoms with Gasteiger partial charge >= 0.3 is 0 Å². The Morgan fingerprint density at radius 2 is 1.95 bits per heavy atom. The first-order valence-corrected chi connectivity index (χ1v) is 7.75. The van der Waals surface area contributed by atoms with Crippen molar-refractivity contribution >= 4 is 49.1 Å². The van der Waals surface area contributed by atoms with E-state index in [4.69, 9.17) is 11.6 Å². The molecule has 0 spiro atoms. The second-order valence-electron chi connectivity index (χ2n) is 4.17. The second-order valence-corrected chi connectivity index (χ2v) is 6.35. The molecular weight excluding hydrogens is 412 g/mol. The molecule has 0 heterocycles. The number of hydrogen-bond donors (Lipinski definition) is 2. The van der Waals surface area contributed by atoms with E-state index in [1.807, 2.05) is 0 Å². The number of rotatable bonds is 4. The summed E-state index contributed by atoms with van der Waals surface area (Å²) in [4.78, 5) is 0. The fraction of sp³-hybridized carbons (Fsp3) is 0.143. The molecule has 0 bridgehead atoms. The standard InChI is InChI=1S/C14H11Br2ClFNO/c15-8-1-3-10(13(18)5-8)14(7-20)19-9-2-4-12(17)11(16)6-9/h1-6,14,19-20H,7H2. The van der Waals surface area contributed by atoms with Crippen molar-refractivity contribution in [3.8, 4) is 0 Å². The molecule has 0 aromatic heterocycles. The summed E-state index contributed by atoms with van der Waals surface area (Å²) in [5.74, 6) is -0.376. The van der Waals surface area contributed by atoms with Crippen LogP contribution in [0, 0.1) is 5.82 Å². The minimum Gasteiger partial charge on any atom is -0.394 e. The third kappa shape index (κ3) is 3.73. The zero-order valence-electron chi connectivity index (χ0n) is 10.2. The molecule has 20 heavy (non-hydrogen) atoms. The molecule has 2 aromatic rings. The maximum atomic E-state index is 13.9. The Hall–Kier alpha value is -0.620. The monoisotopic (exact) mass is 421 g/mol. The maximum absolute atomic E-state index is 13.9. The molecule has 0 fully saturated rings. The lowest BCUT2D eigenvalue weighted by molar-refractivity contribution is 0.274. The number of halogens is 4. The van der Waals surface area contributed by atoms with Gasteiger partial charge in [0.1, 0.15) is 5.82 Å². The summed E-state index contributed by atoms with van der Waals surface area (Å²) in [5, 5.41) is 13.1. The van der Waals surface area contributed by atoms with Gasteiger partial charge in [-0.15, -0.1) is 0 Å². The van der Waals surface area contributed by atoms with Gasteiger partial charge in [0.2, 0.25) is 0 Å². The van der Waals surface area contributed by atoms with Crippen molar-refractivity contribution in [3.63, 3.8) is 0 Å². The van der Waals surface area contributed by atoms with Crippen LogP contribution in [0.15, 0.2) is 45.3 Å². The van der Waals surface area contributed by atoms with Crippen LogP contribution >= 0.6 is 43.5 Å². The van der Waals surface area contributed by atoms with E-state index in [1.54, 1.807) is 30.3 Å². The summed E-state index contributed by atoms with van der Waals surface area (Å²) >= 11 is 12.5. The lowest BCUT2D eigenvalue weighted by Gasteiger charge is -2.19. The highest BCUT2D eigenvalue weighted by atomic mass is 79.9. The van der Waals surface area contributed by atoms with Crippen molar-refractivity contribution < 1.29 is 9.50 Å². The zero-order chi connectivity index (χ0) is 14.7. The Labute approximate surface area is 138 Å². The maximum Gasteiger partial charge on any atom is 0.129 e. The first-order valence-electron chi connectivity index (χ1n) is 5.78. The number of nitrogens with one attached hydrogen (secondary N) is 1. The predicted molar refractivity (Wildman–Crippen MR) is 86.7 cm³/mol. The summed E-state index contributed by atoms with van der Waals surface area (Å²) in [6.45, 7) is -0.223. The van der Waals surface area contributed by atoms with Gasteiger partial charge in [0.15, 0.2) is 0 Å². The van der Waals surface area contributed by atoms with E-state index in [9.17, 15) is 9.50 Å². The third-order valence-electron chi connectivity index (χ3n) is 2.78. The molecule has 6 heteroatoms. The van der Waals surface area contributed by atoms with Crippen molar-refractivity contribution in [1.29, 1.82) is 0 Å². The number of anilines is 1. The first kappa shape index (κ1) is 15.8. The Bertz CT molecular complexity index is 624. The van der Waals surface area contributed by atoms with Gasteiger partial charge in [0.25, 0.3) is 0 Å². The molecule has 1 atom stereocenters. The third-order valence-corrected chi connectivity index (χ3v) is 4.49. The molecule has 2 N–H and O–H groups in total. The van der Waals surface area contributed by atoms with Crippen LogP contribution in [0.4, 0.5) is 10.1 Å². The number of benzene rings is 2. The van der Waals surface area contributed by atoms with Crippen LogP contribution in [0.25, 0.3) is 0 Å². The molecule has 0 radical (unpaired) electrons. The van der Waals surface area contributed by atoms with E-state index in [1.165, 1.54) is 6.07 Å². The van der Waals surface area contributed by atoms with Crippen molar-refractivity contribution in [2.45, 2.75) is 6.04 Å². The summed E-state index contributed by atoms with van der Waals surface area (Å²) < 4.78 is 15.3. The van der Waals surface area contributed by atoms with Gasteiger partial charge in [-0.25, -0.2) is 4.39 Å². The SMILES string of the molecule is OCC(Nc1ccc(Cl)c(Br)c1)c1ccc(Br)cc1F. The van der Waals surface area contributed by atoms with Gasteiger partial charge in [-0.3, -0.25) is 0 Å². The van der Waals surface area contributed by atoms with Crippen LogP contribution in [-0.4, -0.2) is 11.7 Å². The van der Waals surface area contributed by atoms with Gasteiger partial charge in [0.05, 0.1) is 17.7 Å². The Kier molecular flexibility index (Phi) is 5.43. The lowest BCUT2D eigenvalue weighted by atomic mass is 10.1. The minimum atomic E-state index is -0.531. The van der Waals surface area contributed by atoms with Gasteiger partial charge in [-0.1, -0.05) is 33.6 Å². The van der Waals surface area contributed by atoms with Gasteiger partial charge in [-0.05, 0) is 46.3 Å². The number of hydrogen-bond acceptors (Lipinski definition) is 2. The molecule has 0 saturated carbocycles. The van der Waals surface area contributed by atoms with E-state index in [2.05, 4.69) is 37.2 Å². The van der Waals surface area contributed by atoms with Crippen LogP contribution in [0.2, 0.25) is 5.02 Å². The van der Waals surface area contributed by atoms with E-state index in [-0.39, 0.29) is 12.4 Å². The van der Waals surface area contributed by atoms with Gasteiger partial charge in [-0.2, -0.15) is 0 Å². The topological polar surface area (TPSA) is 32.3 Å². The Morgan fingerprint density at radius 3 is 2.55 bits per heavy atom. The van der Waals surface area contributed by atoms with Crippen molar-refractivity contribution in [3.05, 3.63) is 61.7 Å². The van der Waals surface area contributed by atoms with E-state index in [0.29, 0.717) is 15.1 Å². The molecule has 0 aliphatic carbocycles. The van der Waals surface area contributed by atoms with Crippen LogP contribution < -0.4 is 5.32 Å². The van der Waals surface area contributed by atoms with Crippen LogP contribution in [0.3, 0.4) is 0 Å². The average molecular weight is 424 g/mol. The molecular formula is C14H11Br2ClFNO. The fourth-order valence-electron chi connectivity index (χ4n) is 1.79. The summed E-state index contributed by atoms with van der Waals surface area (Å²) in [5.41, 5.74) is 1.14. The lowest BCUT2D eigenvalue weighted by Crippen LogP contribution is -2.16. The smallest absolute Gasteiger partial charge is 0.129 e. The fourth-order valence-corrected chi connectivity index (χ4v) is 2.62. The van der Waals surface area contributed by atoms with Crippen LogP contribution in [0.1, 0.15) is 11.6 Å². The van der Waals surface area contributed by atoms with Gasteiger partial charge in [0, 0.05) is 20.2 Å². The van der Waals surface area contributed by atoms with E-state index in [0.717, 1.165) is 10.2 Å². The highest BCUT2D eigenvalue weighted by Gasteiger charge is 2.15. The van der Waals surface area contributed by atoms with Crippen LogP contribution in [0.5, 0.6) is 0 Å². The molecule has 1 unspecified atom stereocenters. The molecule has 0 amide bonds. The van der Waals surface area contributed by atoms with Crippen molar-refractivity contribution in [2.24, 2.45) is 0 Å². The normalized spacial score (nSPS) is 12.2. The largest absolute Gasteiger partial charge is 0.394 e. The highest BCUT2D eigenvalue weighted by Crippen LogP contribution is 2.29. The average Bonchev–Trinajstić information content (AvgIpc) is 2.41. The molecule has 2 aromatic carbocycles. The predicted octanol–water partition coefficient (Wildman–Crippen LogP) is 5.15. The number of aliphatic hydroxyl groups excluding tert-OH is 1. The summed E-state index contributed by atoms with van der Waals surface area (Å²) in [6, 6.07) is 9.49. The molecule has 106 valence electrons. The van der Waals surface area contributed by atoms with Gasteiger partial charge < -0.3 is 10.4 Å². The minimum absolute atomic E-state index is 0.223. The summed E-state index contributed by atoms with van der Waals surface area (Å²) in [6.07, 6.45) is 0. The van der Waals surface area contributed by atoms with Crippen molar-refractivity contribution in [1.82, 2.24) is 0 Å². The molecule has 0 saturated heterocycles. The molecule has 0 aliphatic heterocycles. The Balaban J connectivity index is 2.26. The van der Waals surface area contributed by atoms with Crippen molar-refractivity contribution in [2.75, 3.05) is 11.9 Å². The van der Waals surface area contributed by atoms with E-state index >= 15 is 0 Å². The molecule has 2 nitrogen and oxygen atoms in total.